The first kappa shape index (κ1) is 21.1. The van der Waals surface area contributed by atoms with Crippen LogP contribution in [0.1, 0.15) is 55.6 Å². The molecule has 2 bridgehead atoms. The van der Waals surface area contributed by atoms with Crippen molar-refractivity contribution < 1.29 is 17.9 Å². The second-order valence-corrected chi connectivity index (χ2v) is 10.7. The van der Waals surface area contributed by atoms with Crippen molar-refractivity contribution in [2.45, 2.75) is 69.6 Å². The Bertz CT molecular complexity index is 805. The van der Waals surface area contributed by atoms with Crippen LogP contribution in [0.25, 0.3) is 0 Å². The van der Waals surface area contributed by atoms with E-state index in [1.54, 1.807) is 0 Å². The van der Waals surface area contributed by atoms with Gasteiger partial charge in [-0.1, -0.05) is 18.2 Å². The molecule has 2 fully saturated rings. The average Bonchev–Trinajstić information content (AvgIpc) is 2.69. The van der Waals surface area contributed by atoms with Crippen molar-refractivity contribution in [2.24, 2.45) is 0 Å². The minimum Gasteiger partial charge on any atom is -0.492 e. The lowest BCUT2D eigenvalue weighted by atomic mass is 9.82. The van der Waals surface area contributed by atoms with Crippen LogP contribution in [0.3, 0.4) is 0 Å². The van der Waals surface area contributed by atoms with Crippen LogP contribution in [0, 0.1) is 6.92 Å². The van der Waals surface area contributed by atoms with Crippen molar-refractivity contribution in [1.29, 1.82) is 0 Å². The van der Waals surface area contributed by atoms with E-state index in [0.29, 0.717) is 19.1 Å². The molecule has 3 heterocycles. The lowest BCUT2D eigenvalue weighted by Gasteiger charge is -2.41. The largest absolute Gasteiger partial charge is 0.492 e. The van der Waals surface area contributed by atoms with Gasteiger partial charge in [0.1, 0.15) is 12.4 Å². The lowest BCUT2D eigenvalue weighted by Crippen LogP contribution is -2.58. The summed E-state index contributed by atoms with van der Waals surface area (Å²) >= 11 is 0. The molecule has 0 unspecified atom stereocenters. The van der Waals surface area contributed by atoms with E-state index in [4.69, 9.17) is 9.47 Å². The van der Waals surface area contributed by atoms with Gasteiger partial charge < -0.3 is 9.47 Å². The van der Waals surface area contributed by atoms with E-state index in [9.17, 15) is 8.42 Å². The zero-order valence-electron chi connectivity index (χ0n) is 17.6. The van der Waals surface area contributed by atoms with Gasteiger partial charge in [0.25, 0.3) is 0 Å². The van der Waals surface area contributed by atoms with Gasteiger partial charge in [0.05, 0.1) is 19.0 Å². The Balaban J connectivity index is 1.58. The molecule has 1 aliphatic carbocycles. The van der Waals surface area contributed by atoms with E-state index in [1.165, 1.54) is 17.4 Å². The maximum atomic E-state index is 11.9. The number of aryl methyl sites for hydroxylation is 1. The fourth-order valence-corrected chi connectivity index (χ4v) is 6.10. The average molecular weight is 423 g/mol. The first-order chi connectivity index (χ1) is 13.9. The molecule has 29 heavy (non-hydrogen) atoms. The van der Waals surface area contributed by atoms with Gasteiger partial charge in [0.15, 0.2) is 0 Å². The molecule has 1 saturated carbocycles. The third-order valence-electron chi connectivity index (χ3n) is 6.74. The minimum atomic E-state index is -3.25. The Morgan fingerprint density at radius 3 is 2.66 bits per heavy atom. The van der Waals surface area contributed by atoms with Crippen LogP contribution in [-0.2, 0) is 14.8 Å². The smallest absolute Gasteiger partial charge is 0.209 e. The highest BCUT2D eigenvalue weighted by molar-refractivity contribution is 7.88. The summed E-state index contributed by atoms with van der Waals surface area (Å²) in [5.41, 5.74) is 2.54. The fourth-order valence-electron chi connectivity index (χ4n) is 5.27. The number of para-hydroxylation sites is 1. The second kappa shape index (κ2) is 8.92. The molecule has 0 amide bonds. The van der Waals surface area contributed by atoms with Gasteiger partial charge in [-0.25, -0.2) is 13.1 Å². The van der Waals surface area contributed by atoms with Crippen LogP contribution < -0.4 is 9.46 Å². The van der Waals surface area contributed by atoms with E-state index in [2.05, 4.69) is 34.7 Å². The van der Waals surface area contributed by atoms with E-state index >= 15 is 0 Å². The van der Waals surface area contributed by atoms with Gasteiger partial charge in [-0.3, -0.25) is 4.90 Å². The van der Waals surface area contributed by atoms with Crippen LogP contribution in [-0.4, -0.2) is 64.1 Å². The van der Waals surface area contributed by atoms with E-state index in [-0.39, 0.29) is 18.2 Å². The van der Waals surface area contributed by atoms with Crippen molar-refractivity contribution in [3.63, 3.8) is 0 Å². The standard InChI is InChI=1S/C22H34N2O4S/c1-16-5-3-6-19-17-8-10-18(11-9-17)28-15-21-20(23-29(2,25)26)7-4-12-24(21)13-14-27-22(16)19/h3,5-6,17-18,20-21,23H,4,7-15H2,1-2H3/t17?,18?,20-,21-/m0/s1. The summed E-state index contributed by atoms with van der Waals surface area (Å²) in [4.78, 5) is 2.36. The van der Waals surface area contributed by atoms with E-state index in [0.717, 1.165) is 57.4 Å². The highest BCUT2D eigenvalue weighted by Gasteiger charge is 2.35. The van der Waals surface area contributed by atoms with Crippen molar-refractivity contribution in [2.75, 3.05) is 32.6 Å². The molecule has 162 valence electrons. The van der Waals surface area contributed by atoms with E-state index < -0.39 is 10.0 Å². The molecule has 1 aromatic rings. The molecular weight excluding hydrogens is 388 g/mol. The first-order valence-electron chi connectivity index (χ1n) is 11.0. The van der Waals surface area contributed by atoms with Crippen molar-refractivity contribution in [3.05, 3.63) is 29.3 Å². The number of ether oxygens (including phenoxy) is 2. The molecule has 4 aliphatic rings. The molecule has 1 aromatic carbocycles. The predicted molar refractivity (Wildman–Crippen MR) is 114 cm³/mol. The molecular formula is C22H34N2O4S. The second-order valence-electron chi connectivity index (χ2n) is 8.89. The van der Waals surface area contributed by atoms with Crippen LogP contribution >= 0.6 is 0 Å². The summed E-state index contributed by atoms with van der Waals surface area (Å²) in [7, 11) is -3.25. The number of piperidine rings is 1. The summed E-state index contributed by atoms with van der Waals surface area (Å²) in [5, 5.41) is 0. The number of nitrogens with zero attached hydrogens (tertiary/aromatic N) is 1. The third-order valence-corrected chi connectivity index (χ3v) is 7.47. The number of benzene rings is 1. The van der Waals surface area contributed by atoms with Crippen LogP contribution in [0.5, 0.6) is 5.75 Å². The Morgan fingerprint density at radius 1 is 1.10 bits per heavy atom. The first-order valence-corrected chi connectivity index (χ1v) is 12.8. The predicted octanol–water partition coefficient (Wildman–Crippen LogP) is 2.81. The fraction of sp³-hybridized carbons (Fsp3) is 0.727. The summed E-state index contributed by atoms with van der Waals surface area (Å²) in [5.74, 6) is 1.59. The van der Waals surface area contributed by atoms with Gasteiger partial charge in [-0.2, -0.15) is 0 Å². The number of rotatable bonds is 2. The Kier molecular flexibility index (Phi) is 6.49. The van der Waals surface area contributed by atoms with Gasteiger partial charge in [0, 0.05) is 18.6 Å². The quantitative estimate of drug-likeness (QED) is 0.794. The number of fused-ring (bicyclic) bond motifs is 5. The molecule has 1 N–H and O–H groups in total. The topological polar surface area (TPSA) is 67.9 Å². The monoisotopic (exact) mass is 422 g/mol. The zero-order chi connectivity index (χ0) is 20.4. The minimum absolute atomic E-state index is 0.0527. The van der Waals surface area contributed by atoms with Gasteiger partial charge in [0.2, 0.25) is 10.0 Å². The number of hydrogen-bond acceptors (Lipinski definition) is 5. The summed E-state index contributed by atoms with van der Waals surface area (Å²) < 4.78 is 39.4. The van der Waals surface area contributed by atoms with Gasteiger partial charge in [-0.05, 0) is 69.0 Å². The van der Waals surface area contributed by atoms with Crippen molar-refractivity contribution in [1.82, 2.24) is 9.62 Å². The molecule has 3 aliphatic heterocycles. The molecule has 0 aromatic heterocycles. The lowest BCUT2D eigenvalue weighted by molar-refractivity contribution is -0.0284. The highest BCUT2D eigenvalue weighted by Crippen LogP contribution is 2.40. The van der Waals surface area contributed by atoms with Crippen molar-refractivity contribution in [3.8, 4) is 5.75 Å². The van der Waals surface area contributed by atoms with Crippen LogP contribution in [0.15, 0.2) is 18.2 Å². The number of sulfonamides is 1. The Labute approximate surface area is 175 Å². The Morgan fingerprint density at radius 2 is 1.90 bits per heavy atom. The Hall–Kier alpha value is -1.15. The van der Waals surface area contributed by atoms with Gasteiger partial charge >= 0.3 is 0 Å². The zero-order valence-corrected chi connectivity index (χ0v) is 18.4. The van der Waals surface area contributed by atoms with Gasteiger partial charge in [-0.15, -0.1) is 0 Å². The molecule has 7 heteroatoms. The molecule has 2 atom stereocenters. The summed E-state index contributed by atoms with van der Waals surface area (Å²) in [6.07, 6.45) is 7.68. The van der Waals surface area contributed by atoms with Crippen LogP contribution in [0.4, 0.5) is 0 Å². The number of hydrogen-bond donors (Lipinski definition) is 1. The SMILES string of the molecule is Cc1cccc2c1OCCN1CCC[C@H](NS(C)(=O)=O)[C@@H]1COC1CCC2CC1. The molecule has 5 rings (SSSR count). The van der Waals surface area contributed by atoms with Crippen molar-refractivity contribution >= 4 is 10.0 Å². The normalized spacial score (nSPS) is 31.5. The van der Waals surface area contributed by atoms with Crippen LogP contribution in [0.2, 0.25) is 0 Å². The molecule has 0 spiro atoms. The maximum absolute atomic E-state index is 11.9. The highest BCUT2D eigenvalue weighted by atomic mass is 32.2. The summed E-state index contributed by atoms with van der Waals surface area (Å²) in [6, 6.07) is 6.44. The summed E-state index contributed by atoms with van der Waals surface area (Å²) in [6.45, 7) is 5.04. The number of nitrogens with one attached hydrogen (secondary N) is 1. The molecule has 1 saturated heterocycles. The molecule has 6 nitrogen and oxygen atoms in total. The third kappa shape index (κ3) is 5.13. The molecule has 0 radical (unpaired) electrons. The maximum Gasteiger partial charge on any atom is 0.209 e. The van der Waals surface area contributed by atoms with E-state index in [1.807, 2.05) is 0 Å².